The Bertz CT molecular complexity index is 682. The maximum absolute atomic E-state index is 12.2. The smallest absolute Gasteiger partial charge is 0.409 e. The van der Waals surface area contributed by atoms with Gasteiger partial charge in [0, 0.05) is 26.1 Å². The number of likely N-dealkylation sites (N-methyl/N-ethyl adjacent to an activating group) is 2. The van der Waals surface area contributed by atoms with Crippen molar-refractivity contribution in [2.24, 2.45) is 0 Å². The molecule has 4 heteroatoms. The maximum atomic E-state index is 12.2. The van der Waals surface area contributed by atoms with Gasteiger partial charge in [0.25, 0.3) is 0 Å². The molecule has 2 aromatic carbocycles. The van der Waals surface area contributed by atoms with Crippen molar-refractivity contribution < 1.29 is 9.53 Å². The molecule has 24 heavy (non-hydrogen) atoms. The van der Waals surface area contributed by atoms with Crippen LogP contribution in [0.1, 0.15) is 17.0 Å². The average molecular weight is 324 g/mol. The van der Waals surface area contributed by atoms with Gasteiger partial charge in [-0.3, -0.25) is 0 Å². The molecule has 1 aliphatic carbocycles. The SMILES string of the molecule is CN(C)CCN(C)C(=O)OCC1c2ccccc2-c2ccccc21. The van der Waals surface area contributed by atoms with Crippen molar-refractivity contribution >= 4 is 6.09 Å². The highest BCUT2D eigenvalue weighted by molar-refractivity contribution is 5.79. The summed E-state index contributed by atoms with van der Waals surface area (Å²) in [5.41, 5.74) is 4.97. The first-order valence-corrected chi connectivity index (χ1v) is 8.28. The molecule has 126 valence electrons. The van der Waals surface area contributed by atoms with Crippen LogP contribution in [0.15, 0.2) is 48.5 Å². The Morgan fingerprint density at radius 2 is 1.46 bits per heavy atom. The molecular formula is C20H24N2O2. The minimum absolute atomic E-state index is 0.114. The molecule has 0 saturated heterocycles. The predicted octanol–water partition coefficient (Wildman–Crippen LogP) is 3.43. The van der Waals surface area contributed by atoms with E-state index in [0.717, 1.165) is 6.54 Å². The molecule has 0 saturated carbocycles. The lowest BCUT2D eigenvalue weighted by Gasteiger charge is -2.21. The Labute approximate surface area is 143 Å². The third kappa shape index (κ3) is 3.29. The Hall–Kier alpha value is -2.33. The second-order valence-electron chi connectivity index (χ2n) is 6.53. The molecule has 4 nitrogen and oxygen atoms in total. The third-order valence-electron chi connectivity index (χ3n) is 4.53. The normalized spacial score (nSPS) is 12.8. The number of amides is 1. The van der Waals surface area contributed by atoms with E-state index in [1.807, 2.05) is 31.1 Å². The van der Waals surface area contributed by atoms with Crippen LogP contribution in [0.3, 0.4) is 0 Å². The fourth-order valence-electron chi connectivity index (χ4n) is 3.15. The number of carbonyl (C=O) groups is 1. The summed E-state index contributed by atoms with van der Waals surface area (Å²) in [6.07, 6.45) is -0.265. The summed E-state index contributed by atoms with van der Waals surface area (Å²) in [5.74, 6) is 0.114. The topological polar surface area (TPSA) is 32.8 Å². The number of carbonyl (C=O) groups excluding carboxylic acids is 1. The molecule has 0 unspecified atom stereocenters. The van der Waals surface area contributed by atoms with E-state index in [0.29, 0.717) is 13.2 Å². The van der Waals surface area contributed by atoms with Crippen LogP contribution in [0.25, 0.3) is 11.1 Å². The second kappa shape index (κ2) is 7.05. The standard InChI is InChI=1S/C20H24N2O2/c1-21(2)12-13-22(3)20(23)24-14-19-17-10-6-4-8-15(17)16-9-5-7-11-18(16)19/h4-11,19H,12-14H2,1-3H3. The highest BCUT2D eigenvalue weighted by Gasteiger charge is 2.29. The zero-order valence-electron chi connectivity index (χ0n) is 14.5. The number of ether oxygens (including phenoxy) is 1. The fraction of sp³-hybridized carbons (Fsp3) is 0.350. The van der Waals surface area contributed by atoms with Crippen molar-refractivity contribution in [3.05, 3.63) is 59.7 Å². The quantitative estimate of drug-likeness (QED) is 0.845. The van der Waals surface area contributed by atoms with Crippen LogP contribution in [0.4, 0.5) is 4.79 Å². The van der Waals surface area contributed by atoms with E-state index in [-0.39, 0.29) is 12.0 Å². The highest BCUT2D eigenvalue weighted by atomic mass is 16.6. The summed E-state index contributed by atoms with van der Waals surface area (Å²) in [6.45, 7) is 1.85. The van der Waals surface area contributed by atoms with E-state index in [1.54, 1.807) is 11.9 Å². The van der Waals surface area contributed by atoms with Gasteiger partial charge in [-0.25, -0.2) is 4.79 Å². The monoisotopic (exact) mass is 324 g/mol. The van der Waals surface area contributed by atoms with Gasteiger partial charge in [-0.1, -0.05) is 48.5 Å². The summed E-state index contributed by atoms with van der Waals surface area (Å²) in [5, 5.41) is 0. The lowest BCUT2D eigenvalue weighted by atomic mass is 9.98. The van der Waals surface area contributed by atoms with Crippen LogP contribution in [0.2, 0.25) is 0 Å². The van der Waals surface area contributed by atoms with Crippen LogP contribution in [0, 0.1) is 0 Å². The zero-order valence-corrected chi connectivity index (χ0v) is 14.5. The second-order valence-corrected chi connectivity index (χ2v) is 6.53. The summed E-state index contributed by atoms with van der Waals surface area (Å²) < 4.78 is 5.60. The molecule has 0 atom stereocenters. The minimum atomic E-state index is -0.265. The van der Waals surface area contributed by atoms with Gasteiger partial charge in [0.15, 0.2) is 0 Å². The molecule has 0 N–H and O–H groups in total. The van der Waals surface area contributed by atoms with Gasteiger partial charge < -0.3 is 14.5 Å². The van der Waals surface area contributed by atoms with Crippen LogP contribution in [0.5, 0.6) is 0 Å². The molecule has 1 amide bonds. The molecule has 2 aromatic rings. The molecule has 0 heterocycles. The molecular weight excluding hydrogens is 300 g/mol. The third-order valence-corrected chi connectivity index (χ3v) is 4.53. The van der Waals surface area contributed by atoms with Gasteiger partial charge in [0.2, 0.25) is 0 Å². The molecule has 0 radical (unpaired) electrons. The summed E-state index contributed by atoms with van der Waals surface area (Å²) >= 11 is 0. The zero-order chi connectivity index (χ0) is 17.1. The Morgan fingerprint density at radius 3 is 2.00 bits per heavy atom. The van der Waals surface area contributed by atoms with Crippen molar-refractivity contribution in [3.63, 3.8) is 0 Å². The van der Waals surface area contributed by atoms with E-state index in [4.69, 9.17) is 4.74 Å². The van der Waals surface area contributed by atoms with Gasteiger partial charge in [0.05, 0.1) is 0 Å². The van der Waals surface area contributed by atoms with Crippen LogP contribution < -0.4 is 0 Å². The summed E-state index contributed by atoms with van der Waals surface area (Å²) in [4.78, 5) is 15.9. The Balaban J connectivity index is 1.70. The van der Waals surface area contributed by atoms with Crippen LogP contribution in [-0.4, -0.2) is 56.7 Å². The number of benzene rings is 2. The molecule has 0 aliphatic heterocycles. The number of hydrogen-bond donors (Lipinski definition) is 0. The van der Waals surface area contributed by atoms with Crippen molar-refractivity contribution in [1.82, 2.24) is 9.80 Å². The largest absolute Gasteiger partial charge is 0.448 e. The van der Waals surface area contributed by atoms with Gasteiger partial charge >= 0.3 is 6.09 Å². The number of rotatable bonds is 5. The Kier molecular flexibility index (Phi) is 4.86. The van der Waals surface area contributed by atoms with Crippen molar-refractivity contribution in [2.45, 2.75) is 5.92 Å². The molecule has 1 aliphatic rings. The van der Waals surface area contributed by atoms with E-state index in [9.17, 15) is 4.79 Å². The molecule has 0 bridgehead atoms. The first-order valence-electron chi connectivity index (χ1n) is 8.28. The van der Waals surface area contributed by atoms with Crippen LogP contribution in [-0.2, 0) is 4.74 Å². The molecule has 0 spiro atoms. The fourth-order valence-corrected chi connectivity index (χ4v) is 3.15. The van der Waals surface area contributed by atoms with E-state index >= 15 is 0 Å². The highest BCUT2D eigenvalue weighted by Crippen LogP contribution is 2.44. The first kappa shape index (κ1) is 16.5. The van der Waals surface area contributed by atoms with E-state index in [2.05, 4.69) is 36.4 Å². The summed E-state index contributed by atoms with van der Waals surface area (Å²) in [7, 11) is 5.76. The number of fused-ring (bicyclic) bond motifs is 3. The van der Waals surface area contributed by atoms with Gasteiger partial charge in [-0.2, -0.15) is 0 Å². The first-order chi connectivity index (χ1) is 11.6. The van der Waals surface area contributed by atoms with Gasteiger partial charge in [-0.15, -0.1) is 0 Å². The summed E-state index contributed by atoms with van der Waals surface area (Å²) in [6, 6.07) is 16.7. The molecule has 3 rings (SSSR count). The van der Waals surface area contributed by atoms with Crippen molar-refractivity contribution in [1.29, 1.82) is 0 Å². The number of nitrogens with zero attached hydrogens (tertiary/aromatic N) is 2. The van der Waals surface area contributed by atoms with Gasteiger partial charge in [0.1, 0.15) is 6.61 Å². The molecule has 0 fully saturated rings. The minimum Gasteiger partial charge on any atom is -0.448 e. The lowest BCUT2D eigenvalue weighted by molar-refractivity contribution is 0.106. The van der Waals surface area contributed by atoms with E-state index < -0.39 is 0 Å². The maximum Gasteiger partial charge on any atom is 0.409 e. The van der Waals surface area contributed by atoms with Crippen molar-refractivity contribution in [2.75, 3.05) is 40.8 Å². The van der Waals surface area contributed by atoms with Crippen molar-refractivity contribution in [3.8, 4) is 11.1 Å². The molecule has 0 aromatic heterocycles. The lowest BCUT2D eigenvalue weighted by Crippen LogP contribution is -2.34. The van der Waals surface area contributed by atoms with Crippen LogP contribution >= 0.6 is 0 Å². The average Bonchev–Trinajstić information content (AvgIpc) is 2.91. The van der Waals surface area contributed by atoms with E-state index in [1.165, 1.54) is 22.3 Å². The number of hydrogen-bond acceptors (Lipinski definition) is 3. The Morgan fingerprint density at radius 1 is 0.917 bits per heavy atom. The van der Waals surface area contributed by atoms with Gasteiger partial charge in [-0.05, 0) is 36.3 Å². The predicted molar refractivity (Wildman–Crippen MR) is 96.3 cm³/mol.